The highest BCUT2D eigenvalue weighted by Crippen LogP contribution is 2.40. The van der Waals surface area contributed by atoms with E-state index in [2.05, 4.69) is 15.3 Å². The number of rotatable bonds is 3. The van der Waals surface area contributed by atoms with E-state index in [0.717, 1.165) is 0 Å². The van der Waals surface area contributed by atoms with E-state index in [1.54, 1.807) is 18.2 Å². The maximum absolute atomic E-state index is 13.9. The number of hydrogen-bond acceptors (Lipinski definition) is 5. The first-order valence-electron chi connectivity index (χ1n) is 8.57. The Morgan fingerprint density at radius 1 is 1.07 bits per heavy atom. The van der Waals surface area contributed by atoms with Crippen molar-refractivity contribution in [2.75, 3.05) is 0 Å². The van der Waals surface area contributed by atoms with E-state index in [-0.39, 0.29) is 6.04 Å². The number of aromatic amines is 1. The summed E-state index contributed by atoms with van der Waals surface area (Å²) in [7, 11) is 0. The lowest BCUT2D eigenvalue weighted by molar-refractivity contribution is 0.448. The van der Waals surface area contributed by atoms with E-state index >= 15 is 0 Å². The molecule has 4 rings (SSSR count). The average Bonchev–Trinajstić information content (AvgIpc) is 3.03. The monoisotopic (exact) mass is 382 g/mol. The van der Waals surface area contributed by atoms with Crippen LogP contribution in [0.25, 0.3) is 0 Å². The van der Waals surface area contributed by atoms with Crippen molar-refractivity contribution in [1.82, 2.24) is 15.3 Å². The second-order valence-corrected chi connectivity index (χ2v) is 6.55. The molecule has 1 aliphatic heterocycles. The van der Waals surface area contributed by atoms with Crippen LogP contribution in [0, 0.1) is 11.8 Å². The first-order valence-corrected chi connectivity index (χ1v) is 8.57. The fraction of sp³-hybridized carbons (Fsp3) is 0.150. The molecule has 0 spiro atoms. The second-order valence-electron chi connectivity index (χ2n) is 6.55. The lowest BCUT2D eigenvalue weighted by atomic mass is 9.79. The summed E-state index contributed by atoms with van der Waals surface area (Å²) in [5, 5.41) is 12.7. The predicted molar refractivity (Wildman–Crippen MR) is 99.2 cm³/mol. The summed E-state index contributed by atoms with van der Waals surface area (Å²) in [5.41, 5.74) is -0.169. The zero-order valence-corrected chi connectivity index (χ0v) is 14.8. The van der Waals surface area contributed by atoms with Gasteiger partial charge in [0.1, 0.15) is 17.2 Å². The van der Waals surface area contributed by atoms with Gasteiger partial charge in [-0.2, -0.15) is 4.39 Å². The van der Waals surface area contributed by atoms with Crippen molar-refractivity contribution in [2.45, 2.75) is 18.5 Å². The van der Waals surface area contributed by atoms with Crippen molar-refractivity contribution in [3.05, 3.63) is 93.7 Å². The van der Waals surface area contributed by atoms with Crippen molar-refractivity contribution >= 4 is 5.84 Å². The van der Waals surface area contributed by atoms with Crippen molar-refractivity contribution in [2.24, 2.45) is 4.99 Å². The van der Waals surface area contributed by atoms with Gasteiger partial charge in [0.2, 0.25) is 5.95 Å². The van der Waals surface area contributed by atoms with Crippen LogP contribution in [-0.4, -0.2) is 27.0 Å². The summed E-state index contributed by atoms with van der Waals surface area (Å²) < 4.78 is 27.4. The minimum absolute atomic E-state index is 0.355. The van der Waals surface area contributed by atoms with E-state index in [4.69, 9.17) is 4.99 Å². The highest BCUT2D eigenvalue weighted by molar-refractivity contribution is 5.99. The molecule has 142 valence electrons. The van der Waals surface area contributed by atoms with E-state index in [9.17, 15) is 18.7 Å². The van der Waals surface area contributed by atoms with Gasteiger partial charge >= 0.3 is 0 Å². The minimum atomic E-state index is -1.07. The highest BCUT2D eigenvalue weighted by atomic mass is 19.1. The van der Waals surface area contributed by atoms with E-state index in [1.807, 2.05) is 6.92 Å². The van der Waals surface area contributed by atoms with Gasteiger partial charge in [-0.1, -0.05) is 12.1 Å². The quantitative estimate of drug-likeness (QED) is 0.607. The topological polar surface area (TPSA) is 90.4 Å². The van der Waals surface area contributed by atoms with Gasteiger partial charge in [-0.05, 0) is 54.4 Å². The Balaban J connectivity index is 1.94. The van der Waals surface area contributed by atoms with Crippen molar-refractivity contribution in [1.29, 1.82) is 0 Å². The molecule has 0 saturated carbocycles. The first-order chi connectivity index (χ1) is 13.4. The number of nitrogens with zero attached hydrogens (tertiary/aromatic N) is 2. The summed E-state index contributed by atoms with van der Waals surface area (Å²) in [6, 6.07) is 11.2. The number of aliphatic imine (C=N–C) groups is 1. The number of aromatic hydroxyl groups is 1. The standard InChI is InChI=1S/C20H16F2N4O2/c1-11-20(12-2-4-14(21)5-3-12,13-8-9-23-17(22)10-13)26-18(24-11)15-6-7-16(27)19(28)25-15/h2-11,27H,1H3,(H,24,26)(H,25,28)/t11-,20-/m0/s1. The number of hydrogen-bond donors (Lipinski definition) is 3. The zero-order valence-electron chi connectivity index (χ0n) is 14.8. The molecule has 3 aromatic rings. The summed E-state index contributed by atoms with van der Waals surface area (Å²) in [6.07, 6.45) is 1.35. The van der Waals surface area contributed by atoms with Crippen LogP contribution in [0.5, 0.6) is 5.75 Å². The second kappa shape index (κ2) is 6.56. The smallest absolute Gasteiger partial charge is 0.290 e. The number of nitrogens with one attached hydrogen (secondary N) is 2. The molecule has 0 radical (unpaired) electrons. The fourth-order valence-corrected chi connectivity index (χ4v) is 3.50. The maximum Gasteiger partial charge on any atom is 0.290 e. The highest BCUT2D eigenvalue weighted by Gasteiger charge is 2.45. The predicted octanol–water partition coefficient (Wildman–Crippen LogP) is 2.44. The third-order valence-electron chi connectivity index (χ3n) is 4.86. The molecule has 0 amide bonds. The third kappa shape index (κ3) is 2.83. The van der Waals surface area contributed by atoms with E-state index < -0.39 is 28.6 Å². The lowest BCUT2D eigenvalue weighted by Crippen LogP contribution is -2.41. The van der Waals surface area contributed by atoms with Crippen LogP contribution in [0.15, 0.2) is 64.5 Å². The Bertz CT molecular complexity index is 1130. The lowest BCUT2D eigenvalue weighted by Gasteiger charge is -2.31. The zero-order chi connectivity index (χ0) is 19.9. The van der Waals surface area contributed by atoms with Crippen molar-refractivity contribution in [3.63, 3.8) is 0 Å². The van der Waals surface area contributed by atoms with Crippen LogP contribution < -0.4 is 10.9 Å². The van der Waals surface area contributed by atoms with Crippen LogP contribution in [0.4, 0.5) is 8.78 Å². The molecule has 0 aliphatic carbocycles. The molecule has 1 aliphatic rings. The SMILES string of the molecule is C[C@@H]1NC(c2ccc(O)c(=O)[nH]2)=N[C@@]1(c1ccc(F)cc1)c1ccnc(F)c1. The molecule has 0 unspecified atom stereocenters. The van der Waals surface area contributed by atoms with Crippen LogP contribution in [0.3, 0.4) is 0 Å². The number of amidine groups is 1. The van der Waals surface area contributed by atoms with Crippen LogP contribution in [0.2, 0.25) is 0 Å². The summed E-state index contributed by atoms with van der Waals surface area (Å²) in [6.45, 7) is 1.86. The van der Waals surface area contributed by atoms with E-state index in [0.29, 0.717) is 22.7 Å². The number of benzene rings is 1. The van der Waals surface area contributed by atoms with Gasteiger partial charge in [-0.3, -0.25) is 4.79 Å². The molecule has 1 aromatic carbocycles. The first kappa shape index (κ1) is 17.8. The van der Waals surface area contributed by atoms with E-state index in [1.165, 1.54) is 36.5 Å². The molecule has 3 N–H and O–H groups in total. The van der Waals surface area contributed by atoms with Gasteiger partial charge in [0, 0.05) is 6.20 Å². The number of halogens is 2. The molecule has 3 heterocycles. The Kier molecular flexibility index (Phi) is 4.18. The number of aromatic nitrogens is 2. The molecule has 28 heavy (non-hydrogen) atoms. The third-order valence-corrected chi connectivity index (χ3v) is 4.86. The fourth-order valence-electron chi connectivity index (χ4n) is 3.50. The van der Waals surface area contributed by atoms with Gasteiger partial charge in [-0.25, -0.2) is 14.4 Å². The average molecular weight is 382 g/mol. The minimum Gasteiger partial charge on any atom is -0.503 e. The summed E-state index contributed by atoms with van der Waals surface area (Å²) in [5.74, 6) is -1.10. The number of H-pyrrole nitrogens is 1. The molecule has 6 nitrogen and oxygen atoms in total. The molecule has 0 bridgehead atoms. The molecule has 0 saturated heterocycles. The summed E-state index contributed by atoms with van der Waals surface area (Å²) >= 11 is 0. The molecule has 0 fully saturated rings. The summed E-state index contributed by atoms with van der Waals surface area (Å²) in [4.78, 5) is 22.7. The largest absolute Gasteiger partial charge is 0.503 e. The number of pyridine rings is 2. The molecule has 2 atom stereocenters. The van der Waals surface area contributed by atoms with Gasteiger partial charge in [0.15, 0.2) is 5.75 Å². The molecular weight excluding hydrogens is 366 g/mol. The molecule has 2 aromatic heterocycles. The Morgan fingerprint density at radius 2 is 1.82 bits per heavy atom. The van der Waals surface area contributed by atoms with Crippen LogP contribution in [0.1, 0.15) is 23.7 Å². The molecular formula is C20H16F2N4O2. The van der Waals surface area contributed by atoms with Crippen LogP contribution in [-0.2, 0) is 5.54 Å². The normalized spacial score (nSPS) is 21.2. The van der Waals surface area contributed by atoms with Crippen molar-refractivity contribution in [3.8, 4) is 5.75 Å². The van der Waals surface area contributed by atoms with Crippen LogP contribution >= 0.6 is 0 Å². The van der Waals surface area contributed by atoms with Crippen molar-refractivity contribution < 1.29 is 13.9 Å². The Hall–Kier alpha value is -3.55. The Labute approximate surface area is 158 Å². The maximum atomic E-state index is 13.9. The van der Waals surface area contributed by atoms with Gasteiger partial charge in [0.05, 0.1) is 11.7 Å². The molecule has 8 heteroatoms. The Morgan fingerprint density at radius 3 is 2.50 bits per heavy atom. The van der Waals surface area contributed by atoms with Gasteiger partial charge < -0.3 is 15.4 Å². The van der Waals surface area contributed by atoms with Gasteiger partial charge in [0.25, 0.3) is 5.56 Å². The van der Waals surface area contributed by atoms with Gasteiger partial charge in [-0.15, -0.1) is 0 Å².